The van der Waals surface area contributed by atoms with E-state index in [0.29, 0.717) is 6.54 Å². The number of nitrogens with zero attached hydrogens (tertiary/aromatic N) is 4. The van der Waals surface area contributed by atoms with E-state index >= 15 is 0 Å². The second-order valence-corrected chi connectivity index (χ2v) is 3.99. The molecular weight excluding hydrogens is 471 g/mol. The van der Waals surface area contributed by atoms with E-state index in [2.05, 4.69) is 7.05 Å². The zero-order valence-electron chi connectivity index (χ0n) is 13.3. The topological polar surface area (TPSA) is 53.9 Å². The Bertz CT molecular complexity index is 608. The van der Waals surface area contributed by atoms with E-state index < -0.39 is 0 Å². The van der Waals surface area contributed by atoms with Crippen LogP contribution in [0.2, 0.25) is 0 Å². The molecule has 2 rings (SSSR count). The van der Waals surface area contributed by atoms with Gasteiger partial charge in [-0.15, -0.1) is 31.0 Å². The predicted octanol–water partition coefficient (Wildman–Crippen LogP) is 1.23. The SMILES string of the molecule is CCn1ccn(CC)c1=O.I.[B].[CH2-]n1ccn(CC)c1=O.[Y]. The molecule has 0 aliphatic carbocycles. The average Bonchev–Trinajstić information content (AvgIpc) is 2.94. The minimum atomic E-state index is -0.0579. The minimum Gasteiger partial charge on any atom is -0.439 e. The van der Waals surface area contributed by atoms with Crippen molar-refractivity contribution < 1.29 is 32.7 Å². The molecule has 0 bridgehead atoms. The van der Waals surface area contributed by atoms with E-state index in [0.717, 1.165) is 13.1 Å². The van der Waals surface area contributed by atoms with E-state index in [4.69, 9.17) is 0 Å². The monoisotopic (exact) mass is 493 g/mol. The smallest absolute Gasteiger partial charge is 0.328 e. The Hall–Kier alpha value is -0.211. The van der Waals surface area contributed by atoms with Gasteiger partial charge in [0.15, 0.2) is 0 Å². The molecule has 0 saturated carbocycles. The average molecular weight is 493 g/mol. The van der Waals surface area contributed by atoms with Crippen molar-refractivity contribution in [3.8, 4) is 0 Å². The van der Waals surface area contributed by atoms with Crippen molar-refractivity contribution >= 4 is 32.4 Å². The summed E-state index contributed by atoms with van der Waals surface area (Å²) in [4.78, 5) is 22.0. The summed E-state index contributed by atoms with van der Waals surface area (Å²) in [5.41, 5.74) is 0.0301. The van der Waals surface area contributed by atoms with Crippen LogP contribution in [0.5, 0.6) is 0 Å². The van der Waals surface area contributed by atoms with Crippen LogP contribution in [0.15, 0.2) is 34.4 Å². The number of imidazole rings is 2. The van der Waals surface area contributed by atoms with Crippen LogP contribution in [0.1, 0.15) is 20.8 Å². The molecular formula is C13H22BIN4O2Y-. The van der Waals surface area contributed by atoms with Crippen LogP contribution in [-0.4, -0.2) is 26.7 Å². The molecule has 2 aromatic rings. The first-order valence-electron chi connectivity index (χ1n) is 6.39. The van der Waals surface area contributed by atoms with E-state index in [-0.39, 0.29) is 76.5 Å². The third-order valence-corrected chi connectivity index (χ3v) is 2.86. The van der Waals surface area contributed by atoms with Gasteiger partial charge < -0.3 is 13.9 Å². The van der Waals surface area contributed by atoms with Gasteiger partial charge in [0.2, 0.25) is 5.69 Å². The van der Waals surface area contributed by atoms with Crippen LogP contribution in [0.3, 0.4) is 0 Å². The standard InChI is InChI=1S/C7H12N2O.C6H9N2O.B.HI.Y/c1-3-8-5-6-9(4-2)7(8)10;1-3-8-5-4-7(2)6(8)9;;;/h5-6H,3-4H2,1-2H3;4-5H,2-3H2,1H3;;1H;/q;-1;;;. The van der Waals surface area contributed by atoms with Crippen LogP contribution in [0.25, 0.3) is 0 Å². The maximum absolute atomic E-state index is 11.2. The molecule has 2 aromatic heterocycles. The summed E-state index contributed by atoms with van der Waals surface area (Å²) in [7, 11) is 3.47. The first kappa shape index (κ1) is 26.7. The zero-order valence-corrected chi connectivity index (χ0v) is 18.5. The van der Waals surface area contributed by atoms with Crippen molar-refractivity contribution in [2.75, 3.05) is 0 Å². The number of aromatic nitrogens is 4. The summed E-state index contributed by atoms with van der Waals surface area (Å²) in [5, 5.41) is 0. The molecule has 9 heteroatoms. The first-order valence-corrected chi connectivity index (χ1v) is 6.39. The Morgan fingerprint density at radius 1 is 0.818 bits per heavy atom. The maximum atomic E-state index is 11.2. The molecule has 0 atom stereocenters. The number of rotatable bonds is 3. The van der Waals surface area contributed by atoms with Crippen molar-refractivity contribution in [1.29, 1.82) is 0 Å². The molecule has 0 amide bonds. The molecule has 0 N–H and O–H groups in total. The fourth-order valence-corrected chi connectivity index (χ4v) is 1.63. The van der Waals surface area contributed by atoms with E-state index in [1.807, 2.05) is 33.2 Å². The van der Waals surface area contributed by atoms with Crippen LogP contribution in [-0.2, 0) is 52.3 Å². The second kappa shape index (κ2) is 13.2. The van der Waals surface area contributed by atoms with Gasteiger partial charge in [0.1, 0.15) is 0 Å². The summed E-state index contributed by atoms with van der Waals surface area (Å²) < 4.78 is 6.27. The van der Waals surface area contributed by atoms with Gasteiger partial charge >= 0.3 is 5.69 Å². The van der Waals surface area contributed by atoms with Crippen LogP contribution in [0, 0.1) is 7.05 Å². The number of halogens is 1. The fourth-order valence-electron chi connectivity index (χ4n) is 1.63. The quantitative estimate of drug-likeness (QED) is 0.368. The predicted molar refractivity (Wildman–Crippen MR) is 96.3 cm³/mol. The van der Waals surface area contributed by atoms with E-state index in [1.165, 1.54) is 4.57 Å². The molecule has 120 valence electrons. The van der Waals surface area contributed by atoms with Gasteiger partial charge in [0, 0.05) is 73.2 Å². The maximum Gasteiger partial charge on any atom is 0.328 e. The van der Waals surface area contributed by atoms with Gasteiger partial charge in [0.25, 0.3) is 0 Å². The number of aryl methyl sites for hydroxylation is 3. The molecule has 0 aliphatic rings. The summed E-state index contributed by atoms with van der Waals surface area (Å²) in [6.45, 7) is 8.06. The third-order valence-electron chi connectivity index (χ3n) is 2.86. The van der Waals surface area contributed by atoms with E-state index in [9.17, 15) is 9.59 Å². The van der Waals surface area contributed by atoms with Gasteiger partial charge in [-0.1, -0.05) is 6.20 Å². The van der Waals surface area contributed by atoms with Crippen LogP contribution >= 0.6 is 24.0 Å². The van der Waals surface area contributed by atoms with Gasteiger partial charge in [-0.3, -0.25) is 9.13 Å². The van der Waals surface area contributed by atoms with Gasteiger partial charge in [-0.25, -0.2) is 4.79 Å². The van der Waals surface area contributed by atoms with Gasteiger partial charge in [-0.2, -0.15) is 0 Å². The van der Waals surface area contributed by atoms with Crippen molar-refractivity contribution in [1.82, 2.24) is 18.3 Å². The normalized spacial score (nSPS) is 8.68. The largest absolute Gasteiger partial charge is 0.439 e. The van der Waals surface area contributed by atoms with Gasteiger partial charge in [-0.05, 0) is 27.0 Å². The molecule has 0 saturated heterocycles. The Balaban J connectivity index is -0.000000290. The number of hydrogen-bond acceptors (Lipinski definition) is 2. The molecule has 0 aromatic carbocycles. The zero-order chi connectivity index (χ0) is 14.4. The Labute approximate surface area is 175 Å². The van der Waals surface area contributed by atoms with Crippen molar-refractivity contribution in [3.05, 3.63) is 52.8 Å². The fraction of sp³-hybridized carbons (Fsp3) is 0.462. The van der Waals surface area contributed by atoms with Crippen LogP contribution in [0.4, 0.5) is 0 Å². The summed E-state index contributed by atoms with van der Waals surface area (Å²) in [5.74, 6) is 0. The molecule has 22 heavy (non-hydrogen) atoms. The summed E-state index contributed by atoms with van der Waals surface area (Å²) in [6.07, 6.45) is 6.98. The summed E-state index contributed by atoms with van der Waals surface area (Å²) in [6, 6.07) is 0. The van der Waals surface area contributed by atoms with Crippen molar-refractivity contribution in [2.45, 2.75) is 40.4 Å². The molecule has 0 fully saturated rings. The second-order valence-electron chi connectivity index (χ2n) is 3.99. The minimum absolute atomic E-state index is 0. The van der Waals surface area contributed by atoms with E-state index in [1.54, 1.807) is 26.1 Å². The molecule has 0 aliphatic heterocycles. The van der Waals surface area contributed by atoms with Gasteiger partial charge in [0.05, 0.1) is 0 Å². The molecule has 4 radical (unpaired) electrons. The van der Waals surface area contributed by atoms with Crippen molar-refractivity contribution in [2.24, 2.45) is 0 Å². The molecule has 0 spiro atoms. The Morgan fingerprint density at radius 3 is 1.32 bits per heavy atom. The first-order chi connectivity index (χ1) is 9.04. The Morgan fingerprint density at radius 2 is 1.14 bits per heavy atom. The van der Waals surface area contributed by atoms with Crippen molar-refractivity contribution in [3.63, 3.8) is 0 Å². The number of hydrogen-bond donors (Lipinski definition) is 0. The molecule has 6 nitrogen and oxygen atoms in total. The Kier molecular flexibility index (Phi) is 16.1. The third kappa shape index (κ3) is 6.91. The van der Waals surface area contributed by atoms with Crippen LogP contribution < -0.4 is 11.4 Å². The molecule has 0 unspecified atom stereocenters. The summed E-state index contributed by atoms with van der Waals surface area (Å²) >= 11 is 0. The molecule has 2 heterocycles.